The first kappa shape index (κ1) is 11.6. The maximum atomic E-state index is 12.5. The normalized spacial score (nSPS) is 11.9. The average Bonchev–Trinajstić information content (AvgIpc) is 2.16. The molecule has 0 aliphatic heterocycles. The number of carbonyl (C=O) groups excluding carboxylic acids is 1. The first-order valence-electron chi connectivity index (χ1n) is 3.96. The highest BCUT2D eigenvalue weighted by molar-refractivity contribution is 7.77. The fourth-order valence-electron chi connectivity index (χ4n) is 0.896. The molecule has 82 valence electrons. The lowest BCUT2D eigenvalue weighted by Crippen LogP contribution is -2.35. The van der Waals surface area contributed by atoms with Crippen molar-refractivity contribution in [1.29, 1.82) is 0 Å². The zero-order valence-electron chi connectivity index (χ0n) is 7.53. The topological polar surface area (TPSA) is 81.3 Å². The van der Waals surface area contributed by atoms with Crippen molar-refractivity contribution in [3.8, 4) is 0 Å². The van der Waals surface area contributed by atoms with Gasteiger partial charge < -0.3 is 9.87 Å². The van der Waals surface area contributed by atoms with E-state index in [-0.39, 0.29) is 12.4 Å². The Labute approximate surface area is 88.1 Å². The minimum atomic E-state index is -2.63. The summed E-state index contributed by atoms with van der Waals surface area (Å²) in [5.41, 5.74) is 0.670. The van der Waals surface area contributed by atoms with Crippen LogP contribution in [0.1, 0.15) is 5.56 Å². The highest BCUT2D eigenvalue weighted by Crippen LogP contribution is 2.01. The quantitative estimate of drug-likeness (QED) is 0.740. The third kappa shape index (κ3) is 4.52. The van der Waals surface area contributed by atoms with E-state index in [1.807, 2.05) is 0 Å². The van der Waals surface area contributed by atoms with Crippen molar-refractivity contribution in [2.24, 2.45) is 0 Å². The van der Waals surface area contributed by atoms with Gasteiger partial charge in [0.1, 0.15) is 5.82 Å². The van der Waals surface area contributed by atoms with Crippen LogP contribution in [0.3, 0.4) is 0 Å². The van der Waals surface area contributed by atoms with Crippen LogP contribution in [0.15, 0.2) is 24.3 Å². The molecule has 1 aromatic rings. The number of hydrogen-bond acceptors (Lipinski definition) is 3. The summed E-state index contributed by atoms with van der Waals surface area (Å²) in [5, 5.41) is 2.28. The van der Waals surface area contributed by atoms with Crippen molar-refractivity contribution in [3.63, 3.8) is 0 Å². The van der Waals surface area contributed by atoms with Crippen molar-refractivity contribution in [2.75, 3.05) is 0 Å². The van der Waals surface area contributed by atoms with Gasteiger partial charge >= 0.3 is 6.03 Å². The van der Waals surface area contributed by atoms with E-state index in [2.05, 4.69) is 5.32 Å². The number of urea groups is 1. The number of nitrogens with one attached hydrogen (secondary N) is 2. The standard InChI is InChI=1S/C8H9FN2O3S/c9-7-3-1-6(2-4-7)5-10-8(12)11-15(13)14/h1-4H,5H2,(H,13,14)(H2,10,11,12)/p-1. The second-order valence-electron chi connectivity index (χ2n) is 2.65. The van der Waals surface area contributed by atoms with E-state index in [9.17, 15) is 17.9 Å². The highest BCUT2D eigenvalue weighted by Gasteiger charge is 1.99. The van der Waals surface area contributed by atoms with Gasteiger partial charge in [0.25, 0.3) is 0 Å². The van der Waals surface area contributed by atoms with Crippen LogP contribution in [0.2, 0.25) is 0 Å². The Hall–Kier alpha value is -1.47. The molecule has 0 saturated carbocycles. The molecule has 1 rings (SSSR count). The van der Waals surface area contributed by atoms with E-state index in [1.165, 1.54) is 24.3 Å². The van der Waals surface area contributed by atoms with Gasteiger partial charge in [-0.25, -0.2) is 9.18 Å². The van der Waals surface area contributed by atoms with Gasteiger partial charge in [-0.15, -0.1) is 0 Å². The van der Waals surface area contributed by atoms with Crippen LogP contribution in [-0.4, -0.2) is 14.8 Å². The molecule has 0 spiro atoms. The van der Waals surface area contributed by atoms with Crippen LogP contribution in [0.4, 0.5) is 9.18 Å². The second-order valence-corrected chi connectivity index (χ2v) is 3.32. The summed E-state index contributed by atoms with van der Waals surface area (Å²) in [7, 11) is 0. The molecule has 15 heavy (non-hydrogen) atoms. The molecular formula is C8H8FN2O3S-. The summed E-state index contributed by atoms with van der Waals surface area (Å²) in [6.45, 7) is 0.128. The van der Waals surface area contributed by atoms with Crippen molar-refractivity contribution in [2.45, 2.75) is 6.54 Å². The second kappa shape index (κ2) is 5.42. The summed E-state index contributed by atoms with van der Waals surface area (Å²) in [4.78, 5) is 10.8. The van der Waals surface area contributed by atoms with E-state index in [0.29, 0.717) is 5.56 Å². The van der Waals surface area contributed by atoms with Crippen LogP contribution in [-0.2, 0) is 17.8 Å². The highest BCUT2D eigenvalue weighted by atomic mass is 32.2. The van der Waals surface area contributed by atoms with E-state index >= 15 is 0 Å². The summed E-state index contributed by atoms with van der Waals surface area (Å²) >= 11 is -2.63. The molecule has 2 N–H and O–H groups in total. The van der Waals surface area contributed by atoms with Gasteiger partial charge in [-0.2, -0.15) is 0 Å². The molecule has 0 aliphatic rings. The fraction of sp³-hybridized carbons (Fsp3) is 0.125. The van der Waals surface area contributed by atoms with Gasteiger partial charge in [-0.1, -0.05) is 12.1 Å². The molecule has 0 saturated heterocycles. The van der Waals surface area contributed by atoms with Crippen molar-refractivity contribution >= 4 is 17.3 Å². The summed E-state index contributed by atoms with van der Waals surface area (Å²) < 4.78 is 34.2. The number of benzene rings is 1. The first-order valence-corrected chi connectivity index (χ1v) is 5.03. The third-order valence-electron chi connectivity index (χ3n) is 1.54. The Balaban J connectivity index is 2.40. The number of amides is 2. The van der Waals surface area contributed by atoms with Crippen LogP contribution >= 0.6 is 0 Å². The van der Waals surface area contributed by atoms with Crippen LogP contribution < -0.4 is 10.0 Å². The Bertz CT molecular complexity index is 369. The van der Waals surface area contributed by atoms with Gasteiger partial charge in [-0.3, -0.25) is 8.93 Å². The molecule has 0 aliphatic carbocycles. The summed E-state index contributed by atoms with van der Waals surface area (Å²) in [6, 6.07) is 4.65. The van der Waals surface area contributed by atoms with Gasteiger partial charge in [-0.05, 0) is 17.7 Å². The third-order valence-corrected chi connectivity index (χ3v) is 1.89. The van der Waals surface area contributed by atoms with Crippen molar-refractivity contribution < 1.29 is 17.9 Å². The van der Waals surface area contributed by atoms with Crippen molar-refractivity contribution in [3.05, 3.63) is 35.6 Å². The fourth-order valence-corrected chi connectivity index (χ4v) is 1.12. The molecule has 1 aromatic carbocycles. The van der Waals surface area contributed by atoms with E-state index in [4.69, 9.17) is 0 Å². The van der Waals surface area contributed by atoms with Crippen molar-refractivity contribution in [1.82, 2.24) is 10.0 Å². The Kier molecular flexibility index (Phi) is 4.19. The zero-order valence-corrected chi connectivity index (χ0v) is 8.34. The predicted molar refractivity (Wildman–Crippen MR) is 50.7 cm³/mol. The molecule has 2 amide bonds. The lowest BCUT2D eigenvalue weighted by molar-refractivity contribution is 0.245. The zero-order chi connectivity index (χ0) is 11.3. The lowest BCUT2D eigenvalue weighted by Gasteiger charge is -2.08. The molecule has 7 heteroatoms. The lowest BCUT2D eigenvalue weighted by atomic mass is 10.2. The van der Waals surface area contributed by atoms with Crippen LogP contribution in [0.5, 0.6) is 0 Å². The average molecular weight is 231 g/mol. The molecule has 5 nitrogen and oxygen atoms in total. The molecular weight excluding hydrogens is 223 g/mol. The van der Waals surface area contributed by atoms with Gasteiger partial charge in [0.05, 0.1) is 0 Å². The van der Waals surface area contributed by atoms with E-state index < -0.39 is 17.3 Å². The number of hydrogen-bond donors (Lipinski definition) is 2. The van der Waals surface area contributed by atoms with Crippen LogP contribution in [0.25, 0.3) is 0 Å². The Morgan fingerprint density at radius 2 is 2.00 bits per heavy atom. The summed E-state index contributed by atoms with van der Waals surface area (Å²) in [5.74, 6) is -0.371. The van der Waals surface area contributed by atoms with E-state index in [0.717, 1.165) is 0 Å². The minimum absolute atomic E-state index is 0.128. The Morgan fingerprint density at radius 1 is 1.40 bits per heavy atom. The molecule has 0 fully saturated rings. The number of rotatable bonds is 3. The summed E-state index contributed by atoms with van der Waals surface area (Å²) in [6.07, 6.45) is 0. The Morgan fingerprint density at radius 3 is 2.53 bits per heavy atom. The molecule has 0 bridgehead atoms. The first-order chi connectivity index (χ1) is 7.08. The maximum absolute atomic E-state index is 12.5. The van der Waals surface area contributed by atoms with E-state index in [1.54, 1.807) is 4.72 Å². The predicted octanol–water partition coefficient (Wildman–Crippen LogP) is 0.419. The largest absolute Gasteiger partial charge is 0.755 e. The maximum Gasteiger partial charge on any atom is 0.326 e. The number of halogens is 1. The number of carbonyl (C=O) groups is 1. The molecule has 0 radical (unpaired) electrons. The molecule has 0 heterocycles. The van der Waals surface area contributed by atoms with Crippen LogP contribution in [0, 0.1) is 5.82 Å². The monoisotopic (exact) mass is 231 g/mol. The smallest absolute Gasteiger partial charge is 0.326 e. The van der Waals surface area contributed by atoms with Gasteiger partial charge in [0, 0.05) is 17.8 Å². The molecule has 1 unspecified atom stereocenters. The SMILES string of the molecule is O=C(NCc1ccc(F)cc1)NS(=O)[O-]. The molecule has 1 atom stereocenters. The van der Waals surface area contributed by atoms with Gasteiger partial charge in [0.15, 0.2) is 0 Å². The van der Waals surface area contributed by atoms with Gasteiger partial charge in [0.2, 0.25) is 0 Å². The minimum Gasteiger partial charge on any atom is -0.755 e. The molecule has 0 aromatic heterocycles.